The molecule has 2 aromatic carbocycles. The van der Waals surface area contributed by atoms with E-state index in [0.29, 0.717) is 38.3 Å². The van der Waals surface area contributed by atoms with Crippen LogP contribution in [0.2, 0.25) is 0 Å². The number of carboxylic acid groups (broad SMARTS) is 1. The number of hydrogen-bond acceptors (Lipinski definition) is 4. The number of unbranched alkanes of at least 4 members (excludes halogenated alkanes) is 1. The molecule has 0 aromatic heterocycles. The van der Waals surface area contributed by atoms with E-state index >= 15 is 0 Å². The topological polar surface area (TPSA) is 116 Å². The zero-order chi connectivity index (χ0) is 33.9. The van der Waals surface area contributed by atoms with Crippen LogP contribution in [-0.2, 0) is 25.7 Å². The van der Waals surface area contributed by atoms with E-state index in [2.05, 4.69) is 34.9 Å². The molecule has 4 atom stereocenters. The van der Waals surface area contributed by atoms with Crippen LogP contribution in [0.25, 0.3) is 12.2 Å². The molecule has 2 bridgehead atoms. The Morgan fingerprint density at radius 3 is 2.48 bits per heavy atom. The van der Waals surface area contributed by atoms with Gasteiger partial charge in [0.1, 0.15) is 0 Å². The maximum absolute atomic E-state index is 13.4. The van der Waals surface area contributed by atoms with Crippen LogP contribution in [0.4, 0.5) is 5.69 Å². The molecule has 8 nitrogen and oxygen atoms in total. The van der Waals surface area contributed by atoms with Crippen LogP contribution in [0.1, 0.15) is 94.2 Å². The maximum atomic E-state index is 13.4. The van der Waals surface area contributed by atoms with E-state index in [1.807, 2.05) is 54.6 Å². The van der Waals surface area contributed by atoms with E-state index in [4.69, 9.17) is 0 Å². The second-order valence-electron chi connectivity index (χ2n) is 13.5. The Balaban J connectivity index is 1.07. The summed E-state index contributed by atoms with van der Waals surface area (Å²) in [6.07, 6.45) is 17.9. The SMILES string of the molecule is CC(=O)NC1C/C=C\CCC(C(CCCCNC(=O)CCC(=O)N2Cc3ccccc3/C=C\c3ccccc32)C(=O)O)CC2=CC(C2)C1. The Labute approximate surface area is 284 Å². The zero-order valence-electron chi connectivity index (χ0n) is 28.0. The first kappa shape index (κ1) is 34.9. The average Bonchev–Trinajstić information content (AvgIpc) is 3.03. The Bertz CT molecular complexity index is 1560. The predicted octanol–water partition coefficient (Wildman–Crippen LogP) is 7.06. The van der Waals surface area contributed by atoms with E-state index in [9.17, 15) is 24.3 Å². The van der Waals surface area contributed by atoms with Gasteiger partial charge in [0.25, 0.3) is 0 Å². The molecule has 3 N–H and O–H groups in total. The van der Waals surface area contributed by atoms with Gasteiger partial charge in [-0.25, -0.2) is 0 Å². The van der Waals surface area contributed by atoms with Gasteiger partial charge in [0, 0.05) is 32.4 Å². The highest BCUT2D eigenvalue weighted by Gasteiger charge is 2.31. The van der Waals surface area contributed by atoms with Gasteiger partial charge in [-0.2, -0.15) is 0 Å². The number of aliphatic carboxylic acids is 1. The van der Waals surface area contributed by atoms with Crippen molar-refractivity contribution in [1.29, 1.82) is 0 Å². The lowest BCUT2D eigenvalue weighted by Crippen LogP contribution is -2.35. The van der Waals surface area contributed by atoms with Crippen LogP contribution in [0.5, 0.6) is 0 Å². The summed E-state index contributed by atoms with van der Waals surface area (Å²) in [5.74, 6) is -0.936. The van der Waals surface area contributed by atoms with Gasteiger partial charge in [-0.05, 0) is 86.0 Å². The lowest BCUT2D eigenvalue weighted by molar-refractivity contribution is -0.144. The number of para-hydroxylation sites is 1. The summed E-state index contributed by atoms with van der Waals surface area (Å²) in [5, 5.41) is 16.2. The van der Waals surface area contributed by atoms with Crippen molar-refractivity contribution in [2.75, 3.05) is 11.4 Å². The van der Waals surface area contributed by atoms with Crippen LogP contribution < -0.4 is 15.5 Å². The van der Waals surface area contributed by atoms with Crippen molar-refractivity contribution < 1.29 is 24.3 Å². The van der Waals surface area contributed by atoms with Crippen molar-refractivity contribution in [3.8, 4) is 0 Å². The number of benzene rings is 2. The van der Waals surface area contributed by atoms with Gasteiger partial charge in [-0.3, -0.25) is 19.2 Å². The molecule has 1 aliphatic heterocycles. The van der Waals surface area contributed by atoms with Crippen molar-refractivity contribution >= 4 is 41.5 Å². The minimum atomic E-state index is -0.746. The summed E-state index contributed by atoms with van der Waals surface area (Å²) in [5.41, 5.74) is 5.26. The number of carboxylic acids is 1. The fourth-order valence-electron chi connectivity index (χ4n) is 7.37. The van der Waals surface area contributed by atoms with Gasteiger partial charge < -0.3 is 20.6 Å². The lowest BCUT2D eigenvalue weighted by atomic mass is 9.73. The summed E-state index contributed by atoms with van der Waals surface area (Å²) >= 11 is 0. The molecule has 6 rings (SSSR count). The first-order valence-corrected chi connectivity index (χ1v) is 17.5. The molecule has 0 spiro atoms. The van der Waals surface area contributed by atoms with Gasteiger partial charge in [0.15, 0.2) is 0 Å². The van der Waals surface area contributed by atoms with E-state index < -0.39 is 11.9 Å². The number of allylic oxidation sites excluding steroid dienone is 3. The number of carbonyl (C=O) groups excluding carboxylic acids is 3. The summed E-state index contributed by atoms with van der Waals surface area (Å²) in [6, 6.07) is 16.0. The standard InChI is InChI=1S/C40H49N3O5/c1-28(44)42-35-15-4-2-3-13-33(25-29-23-30(24-29)26-35)36(40(47)48)16-9-10-22-41-38(45)20-21-39(46)43-27-34-14-6-5-11-31(34)18-19-32-12-7-8-17-37(32)43/h2,4-8,11-12,14,17-19,23,30,33,35-36H,3,9-10,13,15-16,20-22,24-27H2,1H3,(H,41,45)(H,42,44)(H,47,48)/b4-2-,19-18-. The van der Waals surface area contributed by atoms with Crippen molar-refractivity contribution in [2.24, 2.45) is 17.8 Å². The van der Waals surface area contributed by atoms with Crippen molar-refractivity contribution in [1.82, 2.24) is 10.6 Å². The fourth-order valence-corrected chi connectivity index (χ4v) is 7.37. The molecule has 4 unspecified atom stereocenters. The molecule has 2 aromatic rings. The first-order valence-electron chi connectivity index (χ1n) is 17.5. The summed E-state index contributed by atoms with van der Waals surface area (Å²) < 4.78 is 0. The molecule has 8 heteroatoms. The van der Waals surface area contributed by atoms with Crippen LogP contribution in [-0.4, -0.2) is 41.4 Å². The van der Waals surface area contributed by atoms with Crippen LogP contribution in [0.15, 0.2) is 72.3 Å². The quantitative estimate of drug-likeness (QED) is 0.178. The van der Waals surface area contributed by atoms with E-state index in [-0.39, 0.29) is 42.5 Å². The third-order valence-corrected chi connectivity index (χ3v) is 9.88. The number of hydrogen-bond donors (Lipinski definition) is 3. The van der Waals surface area contributed by atoms with Gasteiger partial charge in [0.05, 0.1) is 18.2 Å². The molecule has 0 radical (unpaired) electrons. The average molecular weight is 652 g/mol. The third-order valence-electron chi connectivity index (χ3n) is 9.88. The number of amides is 3. The number of fused-ring (bicyclic) bond motifs is 9. The number of rotatable bonds is 11. The Hall–Kier alpha value is -4.46. The largest absolute Gasteiger partial charge is 0.481 e. The highest BCUT2D eigenvalue weighted by atomic mass is 16.4. The minimum absolute atomic E-state index is 0.00196. The van der Waals surface area contributed by atoms with Crippen molar-refractivity contribution in [3.63, 3.8) is 0 Å². The predicted molar refractivity (Wildman–Crippen MR) is 190 cm³/mol. The van der Waals surface area contributed by atoms with Gasteiger partial charge in [-0.1, -0.05) is 84.8 Å². The molecule has 254 valence electrons. The van der Waals surface area contributed by atoms with E-state index in [1.165, 1.54) is 5.57 Å². The lowest BCUT2D eigenvalue weighted by Gasteiger charge is -2.33. The van der Waals surface area contributed by atoms with E-state index in [0.717, 1.165) is 60.9 Å². The molecule has 1 heterocycles. The molecule has 4 aliphatic rings. The second-order valence-corrected chi connectivity index (χ2v) is 13.5. The van der Waals surface area contributed by atoms with Gasteiger partial charge >= 0.3 is 5.97 Å². The smallest absolute Gasteiger partial charge is 0.306 e. The minimum Gasteiger partial charge on any atom is -0.481 e. The second kappa shape index (κ2) is 17.1. The highest BCUT2D eigenvalue weighted by Crippen LogP contribution is 2.39. The van der Waals surface area contributed by atoms with Crippen molar-refractivity contribution in [2.45, 2.75) is 90.1 Å². The summed E-state index contributed by atoms with van der Waals surface area (Å²) in [4.78, 5) is 51.9. The third kappa shape index (κ3) is 9.78. The normalized spacial score (nSPS) is 22.3. The number of nitrogens with one attached hydrogen (secondary N) is 2. The molecule has 0 saturated heterocycles. The summed E-state index contributed by atoms with van der Waals surface area (Å²) in [7, 11) is 0. The Morgan fingerprint density at radius 1 is 0.938 bits per heavy atom. The molecular weight excluding hydrogens is 602 g/mol. The number of nitrogens with zero attached hydrogens (tertiary/aromatic N) is 1. The number of carbonyl (C=O) groups is 4. The molecule has 0 fully saturated rings. The highest BCUT2D eigenvalue weighted by molar-refractivity contribution is 5.98. The van der Waals surface area contributed by atoms with Crippen LogP contribution in [0, 0.1) is 17.8 Å². The molecule has 48 heavy (non-hydrogen) atoms. The van der Waals surface area contributed by atoms with Crippen molar-refractivity contribution in [3.05, 3.63) is 89.0 Å². The Kier molecular flexibility index (Phi) is 12.4. The molecular formula is C40H49N3O5. The maximum Gasteiger partial charge on any atom is 0.306 e. The van der Waals surface area contributed by atoms with Gasteiger partial charge in [0.2, 0.25) is 17.7 Å². The van der Waals surface area contributed by atoms with E-state index in [1.54, 1.807) is 11.8 Å². The molecule has 0 saturated carbocycles. The van der Waals surface area contributed by atoms with Crippen LogP contribution in [0.3, 0.4) is 0 Å². The monoisotopic (exact) mass is 651 g/mol. The molecule has 3 aliphatic carbocycles. The summed E-state index contributed by atoms with van der Waals surface area (Å²) in [6.45, 7) is 2.46. The molecule has 3 amide bonds. The Morgan fingerprint density at radius 2 is 1.69 bits per heavy atom. The first-order chi connectivity index (χ1) is 23.3. The van der Waals surface area contributed by atoms with Crippen LogP contribution >= 0.6 is 0 Å². The van der Waals surface area contributed by atoms with Gasteiger partial charge in [-0.15, -0.1) is 0 Å². The zero-order valence-corrected chi connectivity index (χ0v) is 28.0. The fraction of sp³-hybridized carbons (Fsp3) is 0.450. The number of anilines is 1.